The Bertz CT molecular complexity index is 267. The molecular weight excluding hydrogens is 225 g/mol. The van der Waals surface area contributed by atoms with E-state index in [1.54, 1.807) is 31.5 Å². The van der Waals surface area contributed by atoms with Gasteiger partial charge in [-0.25, -0.2) is 0 Å². The molecule has 1 aromatic rings. The third-order valence-electron chi connectivity index (χ3n) is 1.34. The van der Waals surface area contributed by atoms with Crippen LogP contribution < -0.4 is 11.1 Å². The summed E-state index contributed by atoms with van der Waals surface area (Å²) in [5.41, 5.74) is 6.02. The Morgan fingerprint density at radius 2 is 2.21 bits per heavy atom. The molecular formula is C8H13Cl2N3O. The van der Waals surface area contributed by atoms with E-state index in [9.17, 15) is 4.79 Å². The van der Waals surface area contributed by atoms with Crippen LogP contribution in [0.1, 0.15) is 6.92 Å². The highest BCUT2D eigenvalue weighted by Crippen LogP contribution is 2.02. The van der Waals surface area contributed by atoms with Gasteiger partial charge in [-0.3, -0.25) is 9.78 Å². The van der Waals surface area contributed by atoms with Crippen molar-refractivity contribution in [1.82, 2.24) is 4.98 Å². The molecule has 14 heavy (non-hydrogen) atoms. The summed E-state index contributed by atoms with van der Waals surface area (Å²) in [4.78, 5) is 14.9. The van der Waals surface area contributed by atoms with Crippen molar-refractivity contribution >= 4 is 36.4 Å². The molecule has 0 fully saturated rings. The van der Waals surface area contributed by atoms with E-state index in [1.165, 1.54) is 0 Å². The maximum Gasteiger partial charge on any atom is 0.241 e. The highest BCUT2D eigenvalue weighted by molar-refractivity contribution is 5.94. The van der Waals surface area contributed by atoms with Gasteiger partial charge in [0.1, 0.15) is 0 Å². The molecule has 80 valence electrons. The van der Waals surface area contributed by atoms with E-state index in [4.69, 9.17) is 5.73 Å². The molecule has 0 aliphatic carbocycles. The Kier molecular flexibility index (Phi) is 8.43. The lowest BCUT2D eigenvalue weighted by atomic mass is 10.3. The zero-order chi connectivity index (χ0) is 8.97. The van der Waals surface area contributed by atoms with Crippen LogP contribution >= 0.6 is 24.8 Å². The fourth-order valence-electron chi connectivity index (χ4n) is 0.693. The third kappa shape index (κ3) is 5.01. The summed E-state index contributed by atoms with van der Waals surface area (Å²) in [6, 6.07) is 3.01. The predicted octanol–water partition coefficient (Wildman–Crippen LogP) is 1.21. The molecule has 1 amide bonds. The highest BCUT2D eigenvalue weighted by Gasteiger charge is 2.06. The Balaban J connectivity index is 0. The van der Waals surface area contributed by atoms with Crippen molar-refractivity contribution in [3.05, 3.63) is 24.5 Å². The van der Waals surface area contributed by atoms with Gasteiger partial charge in [0.15, 0.2) is 0 Å². The van der Waals surface area contributed by atoms with E-state index in [2.05, 4.69) is 10.3 Å². The zero-order valence-corrected chi connectivity index (χ0v) is 9.27. The Morgan fingerprint density at radius 3 is 2.64 bits per heavy atom. The SMILES string of the molecule is CC(N)C(=O)Nc1cccnc1.Cl.Cl. The summed E-state index contributed by atoms with van der Waals surface area (Å²) < 4.78 is 0. The van der Waals surface area contributed by atoms with Crippen LogP contribution in [0, 0.1) is 0 Å². The van der Waals surface area contributed by atoms with Crippen LogP contribution in [0.3, 0.4) is 0 Å². The number of pyridine rings is 1. The lowest BCUT2D eigenvalue weighted by Gasteiger charge is -2.05. The van der Waals surface area contributed by atoms with Gasteiger partial charge in [0.2, 0.25) is 5.91 Å². The van der Waals surface area contributed by atoms with Gasteiger partial charge in [0.25, 0.3) is 0 Å². The summed E-state index contributed by atoms with van der Waals surface area (Å²) in [6.45, 7) is 1.63. The topological polar surface area (TPSA) is 68.0 Å². The van der Waals surface area contributed by atoms with Crippen LogP contribution in [0.5, 0.6) is 0 Å². The van der Waals surface area contributed by atoms with Gasteiger partial charge >= 0.3 is 0 Å². The first-order valence-electron chi connectivity index (χ1n) is 3.66. The van der Waals surface area contributed by atoms with Gasteiger partial charge < -0.3 is 11.1 Å². The molecule has 0 aliphatic heterocycles. The molecule has 0 aliphatic rings. The first kappa shape index (κ1) is 15.6. The number of anilines is 1. The maximum atomic E-state index is 11.0. The minimum atomic E-state index is -0.495. The van der Waals surface area contributed by atoms with Crippen LogP contribution in [0.2, 0.25) is 0 Å². The van der Waals surface area contributed by atoms with Crippen molar-refractivity contribution < 1.29 is 4.79 Å². The molecule has 1 heterocycles. The summed E-state index contributed by atoms with van der Waals surface area (Å²) >= 11 is 0. The van der Waals surface area contributed by atoms with Crippen molar-refractivity contribution in [1.29, 1.82) is 0 Å². The molecule has 0 spiro atoms. The molecule has 6 heteroatoms. The second-order valence-corrected chi connectivity index (χ2v) is 2.52. The molecule has 0 saturated carbocycles. The van der Waals surface area contributed by atoms with E-state index in [0.29, 0.717) is 5.69 Å². The van der Waals surface area contributed by atoms with Crippen LogP contribution in [0.15, 0.2) is 24.5 Å². The van der Waals surface area contributed by atoms with Gasteiger partial charge in [-0.2, -0.15) is 0 Å². The van der Waals surface area contributed by atoms with Crippen molar-refractivity contribution in [3.8, 4) is 0 Å². The third-order valence-corrected chi connectivity index (χ3v) is 1.34. The van der Waals surface area contributed by atoms with Crippen molar-refractivity contribution in [3.63, 3.8) is 0 Å². The molecule has 0 saturated heterocycles. The lowest BCUT2D eigenvalue weighted by molar-refractivity contribution is -0.117. The maximum absolute atomic E-state index is 11.0. The minimum absolute atomic E-state index is 0. The second kappa shape index (κ2) is 7.55. The van der Waals surface area contributed by atoms with E-state index >= 15 is 0 Å². The van der Waals surface area contributed by atoms with Crippen molar-refractivity contribution in [2.24, 2.45) is 5.73 Å². The lowest BCUT2D eigenvalue weighted by Crippen LogP contribution is -2.32. The Morgan fingerprint density at radius 1 is 1.57 bits per heavy atom. The zero-order valence-electron chi connectivity index (χ0n) is 7.64. The first-order chi connectivity index (χ1) is 5.70. The predicted molar refractivity (Wildman–Crippen MR) is 61.0 cm³/mol. The monoisotopic (exact) mass is 237 g/mol. The largest absolute Gasteiger partial charge is 0.323 e. The quantitative estimate of drug-likeness (QED) is 0.813. The number of nitrogens with one attached hydrogen (secondary N) is 1. The number of nitrogens with two attached hydrogens (primary N) is 1. The van der Waals surface area contributed by atoms with Gasteiger partial charge in [-0.1, -0.05) is 0 Å². The highest BCUT2D eigenvalue weighted by atomic mass is 35.5. The summed E-state index contributed by atoms with van der Waals surface area (Å²) in [5, 5.41) is 2.61. The molecule has 4 nitrogen and oxygen atoms in total. The minimum Gasteiger partial charge on any atom is -0.323 e. The van der Waals surface area contributed by atoms with E-state index in [0.717, 1.165) is 0 Å². The summed E-state index contributed by atoms with van der Waals surface area (Å²) in [7, 11) is 0. The van der Waals surface area contributed by atoms with Crippen LogP contribution in [0.4, 0.5) is 5.69 Å². The number of carbonyl (C=O) groups is 1. The fraction of sp³-hybridized carbons (Fsp3) is 0.250. The molecule has 1 atom stereocenters. The molecule has 1 aromatic heterocycles. The van der Waals surface area contributed by atoms with E-state index < -0.39 is 6.04 Å². The van der Waals surface area contributed by atoms with Gasteiger partial charge in [0, 0.05) is 6.20 Å². The summed E-state index contributed by atoms with van der Waals surface area (Å²) in [5.74, 6) is -0.206. The van der Waals surface area contributed by atoms with E-state index in [1.807, 2.05) is 0 Å². The van der Waals surface area contributed by atoms with Gasteiger partial charge in [-0.15, -0.1) is 24.8 Å². The molecule has 1 rings (SSSR count). The molecule has 1 unspecified atom stereocenters. The van der Waals surface area contributed by atoms with Crippen LogP contribution in [0.25, 0.3) is 0 Å². The molecule has 0 radical (unpaired) electrons. The van der Waals surface area contributed by atoms with Crippen LogP contribution in [-0.4, -0.2) is 16.9 Å². The first-order valence-corrected chi connectivity index (χ1v) is 3.66. The Hall–Kier alpha value is -0.840. The molecule has 0 bridgehead atoms. The average molecular weight is 238 g/mol. The number of nitrogens with zero attached hydrogens (tertiary/aromatic N) is 1. The van der Waals surface area contributed by atoms with Gasteiger partial charge in [0.05, 0.1) is 17.9 Å². The molecule has 3 N–H and O–H groups in total. The van der Waals surface area contributed by atoms with Gasteiger partial charge in [-0.05, 0) is 19.1 Å². The normalized spacial score (nSPS) is 10.4. The number of rotatable bonds is 2. The van der Waals surface area contributed by atoms with Crippen molar-refractivity contribution in [2.75, 3.05) is 5.32 Å². The fourth-order valence-corrected chi connectivity index (χ4v) is 0.693. The van der Waals surface area contributed by atoms with Crippen molar-refractivity contribution in [2.45, 2.75) is 13.0 Å². The van der Waals surface area contributed by atoms with Crippen LogP contribution in [-0.2, 0) is 4.79 Å². The smallest absolute Gasteiger partial charge is 0.241 e. The Labute approximate surface area is 95.1 Å². The second-order valence-electron chi connectivity index (χ2n) is 2.52. The standard InChI is InChI=1S/C8H11N3O.2ClH/c1-6(9)8(12)11-7-3-2-4-10-5-7;;/h2-6H,9H2,1H3,(H,11,12);2*1H. The average Bonchev–Trinajstić information content (AvgIpc) is 2.06. The number of hydrogen-bond donors (Lipinski definition) is 2. The molecule has 0 aromatic carbocycles. The number of halogens is 2. The summed E-state index contributed by atoms with van der Waals surface area (Å²) in [6.07, 6.45) is 3.21. The number of hydrogen-bond acceptors (Lipinski definition) is 3. The number of amides is 1. The number of carbonyl (C=O) groups excluding carboxylic acids is 1. The number of aromatic nitrogens is 1. The van der Waals surface area contributed by atoms with E-state index in [-0.39, 0.29) is 30.7 Å².